The lowest BCUT2D eigenvalue weighted by molar-refractivity contribution is -0.125. The molecule has 3 heteroatoms. The number of likely N-dealkylation sites (tertiary alicyclic amines) is 1. The molecule has 1 heterocycles. The minimum atomic E-state index is 0.0408. The van der Waals surface area contributed by atoms with E-state index in [0.29, 0.717) is 6.54 Å². The maximum absolute atomic E-state index is 11.5. The highest BCUT2D eigenvalue weighted by Crippen LogP contribution is 2.15. The number of aliphatic hydroxyl groups is 1. The molecular weight excluding hydrogens is 178 g/mol. The molecule has 0 aromatic carbocycles. The maximum atomic E-state index is 11.5. The zero-order valence-corrected chi connectivity index (χ0v) is 8.52. The van der Waals surface area contributed by atoms with E-state index in [1.807, 2.05) is 19.1 Å². The van der Waals surface area contributed by atoms with Crippen LogP contribution in [0.1, 0.15) is 13.3 Å². The van der Waals surface area contributed by atoms with Crippen LogP contribution in [0.4, 0.5) is 0 Å². The number of hydrogen-bond donors (Lipinski definition) is 1. The second kappa shape index (κ2) is 5.60. The quantitative estimate of drug-likeness (QED) is 0.538. The van der Waals surface area contributed by atoms with E-state index in [1.54, 1.807) is 17.1 Å². The van der Waals surface area contributed by atoms with Gasteiger partial charge in [-0.15, -0.1) is 0 Å². The Labute approximate surface area is 84.7 Å². The van der Waals surface area contributed by atoms with Crippen molar-refractivity contribution in [2.45, 2.75) is 13.3 Å². The van der Waals surface area contributed by atoms with Gasteiger partial charge >= 0.3 is 0 Å². The molecule has 78 valence electrons. The first-order chi connectivity index (χ1) is 6.77. The van der Waals surface area contributed by atoms with E-state index < -0.39 is 0 Å². The number of carbonyl (C=O) groups excluding carboxylic acids is 1. The van der Waals surface area contributed by atoms with Gasteiger partial charge in [0.05, 0.1) is 0 Å². The van der Waals surface area contributed by atoms with Crippen LogP contribution in [0.5, 0.6) is 0 Å². The minimum absolute atomic E-state index is 0.0408. The first-order valence-corrected chi connectivity index (χ1v) is 4.97. The van der Waals surface area contributed by atoms with Crippen molar-refractivity contribution in [1.29, 1.82) is 0 Å². The number of carbonyl (C=O) groups is 1. The standard InChI is InChI=1S/C11H17NO2/c1-2-3-4-5-11(14)12-7-6-10(8-12)9-13/h2-5,10,13H,6-9H2,1H3. The van der Waals surface area contributed by atoms with E-state index in [9.17, 15) is 4.79 Å². The summed E-state index contributed by atoms with van der Waals surface area (Å²) >= 11 is 0. The van der Waals surface area contributed by atoms with Gasteiger partial charge in [0.2, 0.25) is 5.91 Å². The van der Waals surface area contributed by atoms with E-state index in [0.717, 1.165) is 13.0 Å². The number of allylic oxidation sites excluding steroid dienone is 3. The SMILES string of the molecule is CC=CC=CC(=O)N1CCC(CO)C1. The number of hydrogen-bond acceptors (Lipinski definition) is 2. The normalized spacial score (nSPS) is 22.7. The molecule has 1 saturated heterocycles. The third-order valence-corrected chi connectivity index (χ3v) is 2.40. The molecule has 1 atom stereocenters. The highest BCUT2D eigenvalue weighted by atomic mass is 16.3. The van der Waals surface area contributed by atoms with E-state index in [1.165, 1.54) is 0 Å². The van der Waals surface area contributed by atoms with Gasteiger partial charge in [-0.2, -0.15) is 0 Å². The van der Waals surface area contributed by atoms with Crippen LogP contribution in [0, 0.1) is 5.92 Å². The Morgan fingerprint density at radius 2 is 2.36 bits per heavy atom. The topological polar surface area (TPSA) is 40.5 Å². The van der Waals surface area contributed by atoms with E-state index >= 15 is 0 Å². The molecule has 1 fully saturated rings. The second-order valence-corrected chi connectivity index (χ2v) is 3.51. The first-order valence-electron chi connectivity index (χ1n) is 4.97. The summed E-state index contributed by atoms with van der Waals surface area (Å²) in [4.78, 5) is 13.3. The molecule has 1 aliphatic rings. The fraction of sp³-hybridized carbons (Fsp3) is 0.545. The zero-order chi connectivity index (χ0) is 10.4. The summed E-state index contributed by atoms with van der Waals surface area (Å²) in [5.74, 6) is 0.313. The van der Waals surface area contributed by atoms with Crippen molar-refractivity contribution in [2.75, 3.05) is 19.7 Å². The van der Waals surface area contributed by atoms with Gasteiger partial charge in [0.15, 0.2) is 0 Å². The van der Waals surface area contributed by atoms with Crippen molar-refractivity contribution in [2.24, 2.45) is 5.92 Å². The average Bonchev–Trinajstić information content (AvgIpc) is 2.66. The molecule has 1 aliphatic heterocycles. The molecule has 14 heavy (non-hydrogen) atoms. The van der Waals surface area contributed by atoms with Crippen LogP contribution in [0.2, 0.25) is 0 Å². The molecule has 1 amide bonds. The first kappa shape index (κ1) is 11.0. The summed E-state index contributed by atoms with van der Waals surface area (Å²) in [7, 11) is 0. The summed E-state index contributed by atoms with van der Waals surface area (Å²) in [6, 6.07) is 0. The van der Waals surface area contributed by atoms with E-state index in [2.05, 4.69) is 0 Å². The molecule has 1 rings (SSSR count). The molecule has 0 aromatic heterocycles. The number of rotatable bonds is 3. The van der Waals surface area contributed by atoms with Gasteiger partial charge in [0.25, 0.3) is 0 Å². The van der Waals surface area contributed by atoms with Crippen molar-refractivity contribution in [3.05, 3.63) is 24.3 Å². The Balaban J connectivity index is 2.39. The van der Waals surface area contributed by atoms with Crippen LogP contribution in [0.25, 0.3) is 0 Å². The lowest BCUT2D eigenvalue weighted by Crippen LogP contribution is -2.27. The summed E-state index contributed by atoms with van der Waals surface area (Å²) in [6.45, 7) is 3.55. The minimum Gasteiger partial charge on any atom is -0.396 e. The van der Waals surface area contributed by atoms with Gasteiger partial charge in [0.1, 0.15) is 0 Å². The number of nitrogens with zero attached hydrogens (tertiary/aromatic N) is 1. The third-order valence-electron chi connectivity index (χ3n) is 2.40. The lowest BCUT2D eigenvalue weighted by Gasteiger charge is -2.12. The molecule has 0 aromatic rings. The maximum Gasteiger partial charge on any atom is 0.246 e. The molecule has 0 radical (unpaired) electrons. The predicted molar refractivity (Wildman–Crippen MR) is 55.7 cm³/mol. The fourth-order valence-electron chi connectivity index (χ4n) is 1.54. The van der Waals surface area contributed by atoms with Crippen molar-refractivity contribution in [3.63, 3.8) is 0 Å². The number of amides is 1. The Morgan fingerprint density at radius 1 is 1.57 bits per heavy atom. The monoisotopic (exact) mass is 195 g/mol. The molecule has 0 bridgehead atoms. The molecule has 3 nitrogen and oxygen atoms in total. The molecule has 0 saturated carbocycles. The van der Waals surface area contributed by atoms with Crippen molar-refractivity contribution >= 4 is 5.91 Å². The molecule has 1 N–H and O–H groups in total. The summed E-state index contributed by atoms with van der Waals surface area (Å²) in [6.07, 6.45) is 7.94. The summed E-state index contributed by atoms with van der Waals surface area (Å²) in [5.41, 5.74) is 0. The zero-order valence-electron chi connectivity index (χ0n) is 8.52. The Kier molecular flexibility index (Phi) is 4.40. The van der Waals surface area contributed by atoms with Crippen LogP contribution in [-0.2, 0) is 4.79 Å². The van der Waals surface area contributed by atoms with Gasteiger partial charge < -0.3 is 10.0 Å². The summed E-state index contributed by atoms with van der Waals surface area (Å²) < 4.78 is 0. The highest BCUT2D eigenvalue weighted by Gasteiger charge is 2.23. The van der Waals surface area contributed by atoms with Crippen LogP contribution in [-0.4, -0.2) is 35.6 Å². The van der Waals surface area contributed by atoms with Crippen molar-refractivity contribution in [1.82, 2.24) is 4.90 Å². The van der Waals surface area contributed by atoms with Crippen molar-refractivity contribution in [3.8, 4) is 0 Å². The van der Waals surface area contributed by atoms with E-state index in [-0.39, 0.29) is 18.4 Å². The van der Waals surface area contributed by atoms with E-state index in [4.69, 9.17) is 5.11 Å². The van der Waals surface area contributed by atoms with Crippen LogP contribution in [0.3, 0.4) is 0 Å². The third kappa shape index (κ3) is 3.00. The van der Waals surface area contributed by atoms with Crippen LogP contribution in [0.15, 0.2) is 24.3 Å². The van der Waals surface area contributed by atoms with Crippen molar-refractivity contribution < 1.29 is 9.90 Å². The predicted octanol–water partition coefficient (Wildman–Crippen LogP) is 0.960. The molecule has 0 aliphatic carbocycles. The average molecular weight is 195 g/mol. The number of aliphatic hydroxyl groups excluding tert-OH is 1. The molecule has 1 unspecified atom stereocenters. The smallest absolute Gasteiger partial charge is 0.246 e. The largest absolute Gasteiger partial charge is 0.396 e. The van der Waals surface area contributed by atoms with Gasteiger partial charge in [0, 0.05) is 31.7 Å². The van der Waals surface area contributed by atoms with Gasteiger partial charge in [-0.25, -0.2) is 0 Å². The van der Waals surface area contributed by atoms with Gasteiger partial charge in [-0.3, -0.25) is 4.79 Å². The Morgan fingerprint density at radius 3 is 2.93 bits per heavy atom. The van der Waals surface area contributed by atoms with Gasteiger partial charge in [-0.1, -0.05) is 18.2 Å². The molecular formula is C11H17NO2. The fourth-order valence-corrected chi connectivity index (χ4v) is 1.54. The highest BCUT2D eigenvalue weighted by molar-refractivity contribution is 5.88. The Bertz CT molecular complexity index is 246. The Hall–Kier alpha value is -1.09. The second-order valence-electron chi connectivity index (χ2n) is 3.51. The molecule has 0 spiro atoms. The lowest BCUT2D eigenvalue weighted by atomic mass is 10.1. The summed E-state index contributed by atoms with van der Waals surface area (Å²) in [5, 5.41) is 8.91. The van der Waals surface area contributed by atoms with Crippen LogP contribution < -0.4 is 0 Å². The van der Waals surface area contributed by atoms with Gasteiger partial charge in [-0.05, 0) is 13.3 Å². The van der Waals surface area contributed by atoms with Crippen LogP contribution >= 0.6 is 0 Å².